The lowest BCUT2D eigenvalue weighted by molar-refractivity contribution is -0.136. The first-order valence-electron chi connectivity index (χ1n) is 7.24. The predicted octanol–water partition coefficient (Wildman–Crippen LogP) is 3.75. The molecule has 2 aliphatic rings. The summed E-state index contributed by atoms with van der Waals surface area (Å²) in [6.45, 7) is 4.82. The summed E-state index contributed by atoms with van der Waals surface area (Å²) in [5.41, 5.74) is 0. The number of hydrogen-bond acceptors (Lipinski definition) is 2. The van der Waals surface area contributed by atoms with Crippen LogP contribution in [0.15, 0.2) is 0 Å². The fourth-order valence-corrected chi connectivity index (χ4v) is 4.46. The Balaban J connectivity index is 0.00000115. The van der Waals surface area contributed by atoms with Crippen LogP contribution in [0.4, 0.5) is 0 Å². The van der Waals surface area contributed by atoms with E-state index in [-0.39, 0.29) is 31.1 Å². The van der Waals surface area contributed by atoms with Gasteiger partial charge in [0.15, 0.2) is 0 Å². The van der Waals surface area contributed by atoms with Gasteiger partial charge in [0.05, 0.1) is 16.8 Å². The zero-order valence-electron chi connectivity index (χ0n) is 12.6. The summed E-state index contributed by atoms with van der Waals surface area (Å²) in [5.74, 6) is 0.235. The highest BCUT2D eigenvalue weighted by molar-refractivity contribution is 7.99. The SMILES string of the molecule is CC.CSC1CCC(=O)N(C2C(Cl)CCCC2Cl)C1.[B]. The van der Waals surface area contributed by atoms with Crippen LogP contribution in [0.2, 0.25) is 0 Å². The third kappa shape index (κ3) is 5.03. The van der Waals surface area contributed by atoms with Crippen LogP contribution >= 0.6 is 35.0 Å². The molecule has 1 heterocycles. The summed E-state index contributed by atoms with van der Waals surface area (Å²) >= 11 is 14.6. The van der Waals surface area contributed by atoms with Crippen LogP contribution in [0.25, 0.3) is 0 Å². The molecule has 1 amide bonds. The van der Waals surface area contributed by atoms with E-state index in [1.54, 1.807) is 0 Å². The van der Waals surface area contributed by atoms with E-state index in [0.717, 1.165) is 32.2 Å². The van der Waals surface area contributed by atoms with Gasteiger partial charge in [0.1, 0.15) is 0 Å². The molecule has 0 N–H and O–H groups in total. The largest absolute Gasteiger partial charge is 0.336 e. The number of alkyl halides is 2. The molecule has 2 nitrogen and oxygen atoms in total. The minimum Gasteiger partial charge on any atom is -0.336 e. The Morgan fingerprint density at radius 1 is 1.15 bits per heavy atom. The topological polar surface area (TPSA) is 20.3 Å². The maximum Gasteiger partial charge on any atom is 0.222 e. The van der Waals surface area contributed by atoms with Crippen molar-refractivity contribution in [2.24, 2.45) is 0 Å². The number of nitrogens with zero attached hydrogens (tertiary/aromatic N) is 1. The summed E-state index contributed by atoms with van der Waals surface area (Å²) in [6, 6.07) is 0.0366. The average molecular weight is 337 g/mol. The Kier molecular flexibility index (Phi) is 10.5. The van der Waals surface area contributed by atoms with Gasteiger partial charge >= 0.3 is 0 Å². The van der Waals surface area contributed by atoms with Gasteiger partial charge in [-0.3, -0.25) is 4.79 Å². The van der Waals surface area contributed by atoms with Gasteiger partial charge < -0.3 is 4.90 Å². The third-order valence-corrected chi connectivity index (χ3v) is 5.80. The molecule has 20 heavy (non-hydrogen) atoms. The van der Waals surface area contributed by atoms with Crippen molar-refractivity contribution in [3.63, 3.8) is 0 Å². The molecule has 1 saturated heterocycles. The molecule has 0 aromatic carbocycles. The van der Waals surface area contributed by atoms with Gasteiger partial charge in [-0.25, -0.2) is 0 Å². The molecule has 3 unspecified atom stereocenters. The monoisotopic (exact) mass is 336 g/mol. The number of piperidine rings is 1. The van der Waals surface area contributed by atoms with E-state index in [1.807, 2.05) is 30.5 Å². The molecule has 1 aliphatic heterocycles. The van der Waals surface area contributed by atoms with Crippen LogP contribution in [-0.4, -0.2) is 54.1 Å². The van der Waals surface area contributed by atoms with Crippen LogP contribution in [0, 0.1) is 0 Å². The number of halogens is 2. The zero-order chi connectivity index (χ0) is 14.4. The molecule has 0 spiro atoms. The smallest absolute Gasteiger partial charge is 0.222 e. The van der Waals surface area contributed by atoms with Crippen LogP contribution in [0.3, 0.4) is 0 Å². The standard InChI is InChI=1S/C12H19Cl2NOS.C2H6.B/c1-17-8-5-6-11(16)15(7-8)12-9(13)3-2-4-10(12)14;1-2;/h8-10,12H,2-7H2,1H3;1-2H3;. The maximum atomic E-state index is 12.0. The van der Waals surface area contributed by atoms with Crippen molar-refractivity contribution < 1.29 is 4.79 Å². The summed E-state index contributed by atoms with van der Waals surface area (Å²) in [7, 11) is 0. The minimum atomic E-state index is 0. The van der Waals surface area contributed by atoms with Gasteiger partial charge in [0, 0.05) is 26.6 Å². The molecule has 2 fully saturated rings. The molecular weight excluding hydrogens is 312 g/mol. The highest BCUT2D eigenvalue weighted by Crippen LogP contribution is 2.34. The van der Waals surface area contributed by atoms with E-state index < -0.39 is 0 Å². The van der Waals surface area contributed by atoms with Crippen molar-refractivity contribution in [3.8, 4) is 0 Å². The lowest BCUT2D eigenvalue weighted by atomic mass is 9.91. The number of carbonyl (C=O) groups is 1. The van der Waals surface area contributed by atoms with E-state index in [9.17, 15) is 4.79 Å². The molecule has 1 aliphatic carbocycles. The molecule has 3 radical (unpaired) electrons. The van der Waals surface area contributed by atoms with Crippen molar-refractivity contribution >= 4 is 49.3 Å². The summed E-state index contributed by atoms with van der Waals surface area (Å²) < 4.78 is 0. The van der Waals surface area contributed by atoms with Crippen LogP contribution < -0.4 is 0 Å². The van der Waals surface area contributed by atoms with Crippen molar-refractivity contribution in [2.45, 2.75) is 68.0 Å². The van der Waals surface area contributed by atoms with E-state index in [1.165, 1.54) is 0 Å². The highest BCUT2D eigenvalue weighted by Gasteiger charge is 2.40. The Morgan fingerprint density at radius 2 is 1.70 bits per heavy atom. The number of amides is 1. The number of rotatable bonds is 2. The zero-order valence-corrected chi connectivity index (χ0v) is 15.0. The maximum absolute atomic E-state index is 12.0. The highest BCUT2D eigenvalue weighted by atomic mass is 35.5. The normalized spacial score (nSPS) is 33.9. The quantitative estimate of drug-likeness (QED) is 0.565. The van der Waals surface area contributed by atoms with Crippen LogP contribution in [0.5, 0.6) is 0 Å². The second-order valence-corrected chi connectivity index (χ2v) is 7.16. The Bertz CT molecular complexity index is 286. The predicted molar refractivity (Wildman–Crippen MR) is 92.3 cm³/mol. The lowest BCUT2D eigenvalue weighted by Crippen LogP contribution is -2.55. The van der Waals surface area contributed by atoms with E-state index >= 15 is 0 Å². The van der Waals surface area contributed by atoms with Gasteiger partial charge in [0.2, 0.25) is 5.91 Å². The van der Waals surface area contributed by atoms with Crippen molar-refractivity contribution in [3.05, 3.63) is 0 Å². The van der Waals surface area contributed by atoms with Crippen molar-refractivity contribution in [1.29, 1.82) is 0 Å². The van der Waals surface area contributed by atoms with Gasteiger partial charge in [-0.2, -0.15) is 11.8 Å². The van der Waals surface area contributed by atoms with Crippen LogP contribution in [0.1, 0.15) is 46.0 Å². The van der Waals surface area contributed by atoms with Gasteiger partial charge in [-0.15, -0.1) is 23.2 Å². The summed E-state index contributed by atoms with van der Waals surface area (Å²) in [6.07, 6.45) is 6.77. The second-order valence-electron chi connectivity index (χ2n) is 4.90. The molecule has 0 aromatic heterocycles. The Morgan fingerprint density at radius 3 is 2.20 bits per heavy atom. The molecule has 6 heteroatoms. The number of hydrogen-bond donors (Lipinski definition) is 0. The average Bonchev–Trinajstić information content (AvgIpc) is 2.43. The number of likely N-dealkylation sites (tertiary alicyclic amines) is 1. The first-order valence-corrected chi connectivity index (χ1v) is 9.40. The van der Waals surface area contributed by atoms with E-state index in [0.29, 0.717) is 11.7 Å². The molecule has 0 aromatic rings. The summed E-state index contributed by atoms with van der Waals surface area (Å²) in [4.78, 5) is 14.0. The summed E-state index contributed by atoms with van der Waals surface area (Å²) in [5, 5.41) is 0.592. The fraction of sp³-hybridized carbons (Fsp3) is 0.929. The lowest BCUT2D eigenvalue weighted by Gasteiger charge is -2.43. The van der Waals surface area contributed by atoms with Gasteiger partial charge in [-0.05, 0) is 25.5 Å². The molecule has 3 atom stereocenters. The molecule has 115 valence electrons. The van der Waals surface area contributed by atoms with Gasteiger partial charge in [0.25, 0.3) is 0 Å². The Hall–Kier alpha value is 0.465. The van der Waals surface area contributed by atoms with Crippen molar-refractivity contribution in [2.75, 3.05) is 12.8 Å². The second kappa shape index (κ2) is 10.2. The number of thioether (sulfide) groups is 1. The molecule has 0 bridgehead atoms. The van der Waals surface area contributed by atoms with Crippen molar-refractivity contribution in [1.82, 2.24) is 4.90 Å². The number of carbonyl (C=O) groups excluding carboxylic acids is 1. The Labute approximate surface area is 139 Å². The van der Waals surface area contributed by atoms with Gasteiger partial charge in [-0.1, -0.05) is 20.3 Å². The molecular formula is C14H25BCl2NOS. The fourth-order valence-electron chi connectivity index (χ4n) is 2.79. The molecule has 1 saturated carbocycles. The first-order chi connectivity index (χ1) is 9.13. The van der Waals surface area contributed by atoms with Crippen LogP contribution in [-0.2, 0) is 4.79 Å². The third-order valence-electron chi connectivity index (χ3n) is 3.80. The first kappa shape index (κ1) is 20.5. The minimum absolute atomic E-state index is 0. The van der Waals surface area contributed by atoms with E-state index in [2.05, 4.69) is 6.26 Å². The van der Waals surface area contributed by atoms with E-state index in [4.69, 9.17) is 23.2 Å². The molecule has 2 rings (SSSR count).